The number of rotatable bonds is 3. The molecule has 7 heteroatoms. The number of nitrogens with zero attached hydrogens (tertiary/aromatic N) is 4. The second-order valence-corrected chi connectivity index (χ2v) is 7.47. The van der Waals surface area contributed by atoms with Gasteiger partial charge in [0.25, 0.3) is 0 Å². The van der Waals surface area contributed by atoms with E-state index in [0.717, 1.165) is 35.0 Å². The molecule has 4 aromatic rings. The molecule has 0 unspecified atom stereocenters. The molecule has 5 rings (SSSR count). The largest absolute Gasteiger partial charge is 0.435 e. The van der Waals surface area contributed by atoms with Crippen LogP contribution in [0.1, 0.15) is 16.9 Å². The van der Waals surface area contributed by atoms with E-state index in [1.807, 2.05) is 12.1 Å². The first kappa shape index (κ1) is 15.7. The van der Waals surface area contributed by atoms with Crippen molar-refractivity contribution in [3.05, 3.63) is 58.4 Å². The van der Waals surface area contributed by atoms with Crippen LogP contribution in [0.2, 0.25) is 5.15 Å². The molecule has 0 saturated heterocycles. The summed E-state index contributed by atoms with van der Waals surface area (Å²) in [6, 6.07) is 7.39. The van der Waals surface area contributed by atoms with Crippen molar-refractivity contribution in [1.29, 1.82) is 0 Å². The molecule has 0 spiro atoms. The van der Waals surface area contributed by atoms with E-state index in [-0.39, 0.29) is 0 Å². The summed E-state index contributed by atoms with van der Waals surface area (Å²) < 4.78 is 6.11. The SMILES string of the molecule is Clc1ncccc1Oc1nc(-c2cccnc2)nc2sc3c(c12)CCC3. The summed E-state index contributed by atoms with van der Waals surface area (Å²) in [5.41, 5.74) is 2.16. The van der Waals surface area contributed by atoms with Crippen LogP contribution in [-0.2, 0) is 12.8 Å². The van der Waals surface area contributed by atoms with Crippen molar-refractivity contribution >= 4 is 33.2 Å². The van der Waals surface area contributed by atoms with Gasteiger partial charge in [-0.3, -0.25) is 4.98 Å². The van der Waals surface area contributed by atoms with E-state index in [0.29, 0.717) is 22.6 Å². The Labute approximate surface area is 158 Å². The Kier molecular flexibility index (Phi) is 3.80. The summed E-state index contributed by atoms with van der Waals surface area (Å²) in [5, 5.41) is 1.31. The van der Waals surface area contributed by atoms with Gasteiger partial charge in [-0.05, 0) is 49.1 Å². The highest BCUT2D eigenvalue weighted by Crippen LogP contribution is 2.42. The first-order valence-electron chi connectivity index (χ1n) is 8.30. The molecule has 4 heterocycles. The standard InChI is InChI=1S/C19H13ClN4OS/c20-16-13(6-3-9-22-16)25-18-15-12-5-1-7-14(12)26-19(15)24-17(23-18)11-4-2-8-21-10-11/h2-4,6,8-10H,1,5,7H2. The second kappa shape index (κ2) is 6.30. The van der Waals surface area contributed by atoms with Crippen molar-refractivity contribution in [1.82, 2.24) is 19.9 Å². The van der Waals surface area contributed by atoms with Gasteiger partial charge in [0.05, 0.1) is 5.39 Å². The van der Waals surface area contributed by atoms with E-state index < -0.39 is 0 Å². The predicted molar refractivity (Wildman–Crippen MR) is 102 cm³/mol. The van der Waals surface area contributed by atoms with Crippen LogP contribution in [0.25, 0.3) is 21.6 Å². The Morgan fingerprint density at radius 2 is 2.00 bits per heavy atom. The quantitative estimate of drug-likeness (QED) is 0.463. The van der Waals surface area contributed by atoms with Gasteiger partial charge in [-0.2, -0.15) is 4.98 Å². The molecule has 0 amide bonds. The second-order valence-electron chi connectivity index (χ2n) is 6.03. The van der Waals surface area contributed by atoms with Crippen molar-refractivity contribution in [2.75, 3.05) is 0 Å². The Bertz CT molecular complexity index is 1110. The number of aromatic nitrogens is 4. The number of thiophene rings is 1. The third-order valence-electron chi connectivity index (χ3n) is 4.38. The fourth-order valence-corrected chi connectivity index (χ4v) is 4.62. The molecule has 0 atom stereocenters. The minimum atomic E-state index is 0.314. The summed E-state index contributed by atoms with van der Waals surface area (Å²) in [6.45, 7) is 0. The smallest absolute Gasteiger partial charge is 0.232 e. The van der Waals surface area contributed by atoms with Crippen LogP contribution in [0.15, 0.2) is 42.9 Å². The van der Waals surface area contributed by atoms with Crippen LogP contribution in [0, 0.1) is 0 Å². The van der Waals surface area contributed by atoms with Crippen molar-refractivity contribution in [2.24, 2.45) is 0 Å². The van der Waals surface area contributed by atoms with Gasteiger partial charge in [-0.1, -0.05) is 11.6 Å². The van der Waals surface area contributed by atoms with E-state index in [4.69, 9.17) is 26.3 Å². The molecule has 4 aromatic heterocycles. The normalized spacial score (nSPS) is 13.1. The van der Waals surface area contributed by atoms with E-state index in [1.165, 1.54) is 10.4 Å². The molecule has 0 aliphatic heterocycles. The highest BCUT2D eigenvalue weighted by atomic mass is 35.5. The highest BCUT2D eigenvalue weighted by molar-refractivity contribution is 7.19. The Morgan fingerprint density at radius 3 is 2.85 bits per heavy atom. The van der Waals surface area contributed by atoms with Gasteiger partial charge in [-0.15, -0.1) is 11.3 Å². The van der Waals surface area contributed by atoms with Crippen molar-refractivity contribution in [2.45, 2.75) is 19.3 Å². The minimum Gasteiger partial charge on any atom is -0.435 e. The molecular formula is C19H13ClN4OS. The highest BCUT2D eigenvalue weighted by Gasteiger charge is 2.24. The van der Waals surface area contributed by atoms with Crippen LogP contribution in [0.4, 0.5) is 0 Å². The summed E-state index contributed by atoms with van der Waals surface area (Å²) in [5.74, 6) is 1.62. The average molecular weight is 381 g/mol. The minimum absolute atomic E-state index is 0.314. The fourth-order valence-electron chi connectivity index (χ4n) is 3.21. The molecule has 5 nitrogen and oxygen atoms in total. The van der Waals surface area contributed by atoms with Crippen LogP contribution in [-0.4, -0.2) is 19.9 Å². The molecule has 1 aliphatic rings. The molecule has 0 fully saturated rings. The van der Waals surface area contributed by atoms with Gasteiger partial charge in [0.2, 0.25) is 5.88 Å². The zero-order chi connectivity index (χ0) is 17.5. The molecule has 0 saturated carbocycles. The number of ether oxygens (including phenoxy) is 1. The summed E-state index contributed by atoms with van der Waals surface area (Å²) in [4.78, 5) is 20.1. The van der Waals surface area contributed by atoms with Crippen molar-refractivity contribution in [3.63, 3.8) is 0 Å². The van der Waals surface area contributed by atoms with Crippen molar-refractivity contribution < 1.29 is 4.74 Å². The van der Waals surface area contributed by atoms with Gasteiger partial charge in [0.15, 0.2) is 16.7 Å². The fraction of sp³-hybridized carbons (Fsp3) is 0.158. The van der Waals surface area contributed by atoms with Gasteiger partial charge < -0.3 is 4.74 Å². The zero-order valence-corrected chi connectivity index (χ0v) is 15.2. The summed E-state index contributed by atoms with van der Waals surface area (Å²) >= 11 is 7.91. The van der Waals surface area contributed by atoms with Crippen LogP contribution in [0.3, 0.4) is 0 Å². The summed E-state index contributed by atoms with van der Waals surface area (Å²) in [7, 11) is 0. The zero-order valence-electron chi connectivity index (χ0n) is 13.6. The van der Waals surface area contributed by atoms with Crippen LogP contribution < -0.4 is 4.74 Å². The van der Waals surface area contributed by atoms with E-state index in [9.17, 15) is 0 Å². The van der Waals surface area contributed by atoms with Crippen molar-refractivity contribution in [3.8, 4) is 23.0 Å². The first-order chi connectivity index (χ1) is 12.8. The lowest BCUT2D eigenvalue weighted by Crippen LogP contribution is -1.97. The molecular weight excluding hydrogens is 368 g/mol. The van der Waals surface area contributed by atoms with E-state index >= 15 is 0 Å². The molecule has 0 radical (unpaired) electrons. The maximum atomic E-state index is 6.19. The average Bonchev–Trinajstić information content (AvgIpc) is 3.25. The van der Waals surface area contributed by atoms with Gasteiger partial charge in [0.1, 0.15) is 4.83 Å². The first-order valence-corrected chi connectivity index (χ1v) is 9.50. The number of aryl methyl sites for hydroxylation is 2. The summed E-state index contributed by atoms with van der Waals surface area (Å²) in [6.07, 6.45) is 8.40. The molecule has 128 valence electrons. The lowest BCUT2D eigenvalue weighted by molar-refractivity contribution is 0.467. The maximum Gasteiger partial charge on any atom is 0.232 e. The molecule has 1 aliphatic carbocycles. The topological polar surface area (TPSA) is 60.8 Å². The van der Waals surface area contributed by atoms with Crippen LogP contribution >= 0.6 is 22.9 Å². The lowest BCUT2D eigenvalue weighted by atomic mass is 10.2. The van der Waals surface area contributed by atoms with E-state index in [2.05, 4.69) is 9.97 Å². The monoisotopic (exact) mass is 380 g/mol. The van der Waals surface area contributed by atoms with Gasteiger partial charge in [-0.25, -0.2) is 9.97 Å². The Morgan fingerprint density at radius 1 is 1.08 bits per heavy atom. The predicted octanol–water partition coefficient (Wildman–Crippen LogP) is 5.08. The number of halogens is 1. The number of hydrogen-bond donors (Lipinski definition) is 0. The number of hydrogen-bond acceptors (Lipinski definition) is 6. The number of pyridine rings is 2. The Hall–Kier alpha value is -2.57. The van der Waals surface area contributed by atoms with Gasteiger partial charge >= 0.3 is 0 Å². The third-order valence-corrected chi connectivity index (χ3v) is 5.85. The van der Waals surface area contributed by atoms with E-state index in [1.54, 1.807) is 42.1 Å². The maximum absolute atomic E-state index is 6.19. The molecule has 0 aromatic carbocycles. The molecule has 26 heavy (non-hydrogen) atoms. The number of fused-ring (bicyclic) bond motifs is 3. The van der Waals surface area contributed by atoms with Gasteiger partial charge in [0, 0.05) is 29.0 Å². The molecule has 0 N–H and O–H groups in total. The molecule has 0 bridgehead atoms. The Balaban J connectivity index is 1.72. The lowest BCUT2D eigenvalue weighted by Gasteiger charge is -2.10. The van der Waals surface area contributed by atoms with Crippen LogP contribution in [0.5, 0.6) is 11.6 Å². The third kappa shape index (κ3) is 2.62.